The van der Waals surface area contributed by atoms with E-state index in [9.17, 15) is 14.0 Å². The standard InChI is InChI=1S/C25H24FN5O4/c1-14-15(2)31-21-22(27-24(31)30(14)19-11-10-17(34-4)12-20(19)35-5)28(3)25(33)29(23(21)32)13-16-8-6-7-9-18(16)26/h6-12H,13H2,1-5H3. The zero-order valence-corrected chi connectivity index (χ0v) is 20.0. The minimum absolute atomic E-state index is 0.188. The number of aromatic nitrogens is 5. The van der Waals surface area contributed by atoms with Crippen LogP contribution in [-0.4, -0.2) is 37.3 Å². The fraction of sp³-hybridized carbons (Fsp3) is 0.240. The van der Waals surface area contributed by atoms with Crippen molar-refractivity contribution in [2.45, 2.75) is 20.4 Å². The quantitative estimate of drug-likeness (QED) is 0.389. The molecule has 0 spiro atoms. The van der Waals surface area contributed by atoms with E-state index in [1.54, 1.807) is 49.9 Å². The summed E-state index contributed by atoms with van der Waals surface area (Å²) < 4.78 is 31.2. The lowest BCUT2D eigenvalue weighted by Gasteiger charge is -2.13. The highest BCUT2D eigenvalue weighted by Gasteiger charge is 2.24. The van der Waals surface area contributed by atoms with Crippen molar-refractivity contribution >= 4 is 16.9 Å². The van der Waals surface area contributed by atoms with Crippen LogP contribution in [0.5, 0.6) is 11.5 Å². The van der Waals surface area contributed by atoms with Gasteiger partial charge in [-0.1, -0.05) is 18.2 Å². The van der Waals surface area contributed by atoms with E-state index in [2.05, 4.69) is 0 Å². The highest BCUT2D eigenvalue weighted by atomic mass is 19.1. The number of halogens is 1. The number of imidazole rings is 2. The molecule has 0 N–H and O–H groups in total. The second kappa shape index (κ2) is 8.15. The van der Waals surface area contributed by atoms with Crippen molar-refractivity contribution in [2.75, 3.05) is 14.2 Å². The highest BCUT2D eigenvalue weighted by Crippen LogP contribution is 2.32. The van der Waals surface area contributed by atoms with Crippen molar-refractivity contribution < 1.29 is 13.9 Å². The van der Waals surface area contributed by atoms with E-state index in [-0.39, 0.29) is 23.3 Å². The van der Waals surface area contributed by atoms with Gasteiger partial charge in [0, 0.05) is 30.1 Å². The third-order valence-corrected chi connectivity index (χ3v) is 6.43. The largest absolute Gasteiger partial charge is 0.497 e. The van der Waals surface area contributed by atoms with E-state index in [1.807, 2.05) is 30.5 Å². The number of hydrogen-bond donors (Lipinski definition) is 0. The summed E-state index contributed by atoms with van der Waals surface area (Å²) in [6, 6.07) is 11.5. The Balaban J connectivity index is 1.84. The second-order valence-electron chi connectivity index (χ2n) is 8.29. The molecular formula is C25H24FN5O4. The summed E-state index contributed by atoms with van der Waals surface area (Å²) in [5, 5.41) is 0. The molecule has 3 aromatic heterocycles. The van der Waals surface area contributed by atoms with Crippen LogP contribution in [0.15, 0.2) is 52.1 Å². The number of fused-ring (bicyclic) bond motifs is 3. The molecule has 0 fully saturated rings. The Morgan fingerprint density at radius 3 is 2.43 bits per heavy atom. The molecule has 5 rings (SSSR count). The minimum Gasteiger partial charge on any atom is -0.497 e. The molecule has 2 aromatic carbocycles. The summed E-state index contributed by atoms with van der Waals surface area (Å²) in [6.07, 6.45) is 0. The van der Waals surface area contributed by atoms with Gasteiger partial charge in [-0.25, -0.2) is 9.18 Å². The third-order valence-electron chi connectivity index (χ3n) is 6.43. The smallest absolute Gasteiger partial charge is 0.332 e. The number of hydrogen-bond acceptors (Lipinski definition) is 5. The first-order valence-corrected chi connectivity index (χ1v) is 10.9. The van der Waals surface area contributed by atoms with Crippen molar-refractivity contribution in [3.05, 3.63) is 86.1 Å². The van der Waals surface area contributed by atoms with Crippen molar-refractivity contribution in [1.82, 2.24) is 23.1 Å². The molecule has 0 radical (unpaired) electrons. The number of benzene rings is 2. The summed E-state index contributed by atoms with van der Waals surface area (Å²) >= 11 is 0. The monoisotopic (exact) mass is 477 g/mol. The first-order valence-electron chi connectivity index (χ1n) is 10.9. The molecular weight excluding hydrogens is 453 g/mol. The van der Waals surface area contributed by atoms with Crippen molar-refractivity contribution in [2.24, 2.45) is 7.05 Å². The third kappa shape index (κ3) is 3.24. The maximum Gasteiger partial charge on any atom is 0.332 e. The molecule has 0 unspecified atom stereocenters. The molecule has 0 amide bonds. The first-order chi connectivity index (χ1) is 16.8. The Bertz CT molecular complexity index is 1740. The van der Waals surface area contributed by atoms with E-state index in [4.69, 9.17) is 14.5 Å². The van der Waals surface area contributed by atoms with Gasteiger partial charge in [0.2, 0.25) is 5.78 Å². The molecule has 0 saturated carbocycles. The summed E-state index contributed by atoms with van der Waals surface area (Å²) in [6.45, 7) is 3.60. The van der Waals surface area contributed by atoms with Crippen LogP contribution in [0.2, 0.25) is 0 Å². The van der Waals surface area contributed by atoms with E-state index >= 15 is 0 Å². The predicted molar refractivity (Wildman–Crippen MR) is 130 cm³/mol. The normalized spacial score (nSPS) is 11.5. The summed E-state index contributed by atoms with van der Waals surface area (Å²) in [7, 11) is 4.69. The predicted octanol–water partition coefficient (Wildman–Crippen LogP) is 2.96. The SMILES string of the molecule is COc1ccc(-n2c(C)c(C)n3c4c(=O)n(Cc5ccccc5F)c(=O)n(C)c4nc23)c(OC)c1. The summed E-state index contributed by atoms with van der Waals surface area (Å²) in [5.41, 5.74) is 1.93. The van der Waals surface area contributed by atoms with Crippen molar-refractivity contribution in [3.63, 3.8) is 0 Å². The van der Waals surface area contributed by atoms with E-state index in [0.717, 1.165) is 16.0 Å². The Kier molecular flexibility index (Phi) is 5.23. The van der Waals surface area contributed by atoms with Crippen molar-refractivity contribution in [1.29, 1.82) is 0 Å². The van der Waals surface area contributed by atoms with Crippen LogP contribution in [0.25, 0.3) is 22.6 Å². The summed E-state index contributed by atoms with van der Waals surface area (Å²) in [5.74, 6) is 1.16. The molecule has 0 atom stereocenters. The molecule has 0 bridgehead atoms. The lowest BCUT2D eigenvalue weighted by atomic mass is 10.2. The van der Waals surface area contributed by atoms with Crippen LogP contribution in [0.1, 0.15) is 17.0 Å². The Labute approximate surface area is 199 Å². The molecule has 0 aliphatic heterocycles. The van der Waals surface area contributed by atoms with Crippen LogP contribution in [0, 0.1) is 19.7 Å². The van der Waals surface area contributed by atoms with Crippen molar-refractivity contribution in [3.8, 4) is 17.2 Å². The van der Waals surface area contributed by atoms with Gasteiger partial charge < -0.3 is 9.47 Å². The van der Waals surface area contributed by atoms with Gasteiger partial charge >= 0.3 is 5.69 Å². The number of aryl methyl sites for hydroxylation is 2. The average Bonchev–Trinajstić information content (AvgIpc) is 3.36. The van der Waals surface area contributed by atoms with E-state index < -0.39 is 17.1 Å². The molecule has 0 aliphatic carbocycles. The number of ether oxygens (including phenoxy) is 2. The second-order valence-corrected chi connectivity index (χ2v) is 8.29. The maximum absolute atomic E-state index is 14.3. The Morgan fingerprint density at radius 1 is 1.00 bits per heavy atom. The van der Waals surface area contributed by atoms with Gasteiger partial charge in [-0.3, -0.25) is 22.9 Å². The molecule has 0 aliphatic rings. The molecule has 5 aromatic rings. The van der Waals surface area contributed by atoms with Crippen LogP contribution in [0.4, 0.5) is 4.39 Å². The Morgan fingerprint density at radius 2 is 1.74 bits per heavy atom. The van der Waals surface area contributed by atoms with Gasteiger partial charge in [0.05, 0.1) is 26.5 Å². The minimum atomic E-state index is -0.575. The maximum atomic E-state index is 14.3. The molecule has 0 saturated heterocycles. The van der Waals surface area contributed by atoms with Crippen LogP contribution in [0.3, 0.4) is 0 Å². The molecule has 180 valence electrons. The number of methoxy groups -OCH3 is 2. The van der Waals surface area contributed by atoms with Crippen LogP contribution < -0.4 is 20.7 Å². The molecule has 9 nitrogen and oxygen atoms in total. The number of nitrogens with zero attached hydrogens (tertiary/aromatic N) is 5. The van der Waals surface area contributed by atoms with E-state index in [1.165, 1.54) is 10.6 Å². The molecule has 10 heteroatoms. The molecule has 35 heavy (non-hydrogen) atoms. The van der Waals surface area contributed by atoms with Gasteiger partial charge in [-0.05, 0) is 32.0 Å². The topological polar surface area (TPSA) is 84.7 Å². The lowest BCUT2D eigenvalue weighted by molar-refractivity contribution is 0.393. The zero-order valence-electron chi connectivity index (χ0n) is 20.0. The van der Waals surface area contributed by atoms with Crippen LogP contribution >= 0.6 is 0 Å². The van der Waals surface area contributed by atoms with Gasteiger partial charge in [-0.2, -0.15) is 4.98 Å². The first kappa shape index (κ1) is 22.5. The fourth-order valence-electron chi connectivity index (χ4n) is 4.44. The fourth-order valence-corrected chi connectivity index (χ4v) is 4.44. The number of rotatable bonds is 5. The molecule has 3 heterocycles. The van der Waals surface area contributed by atoms with Gasteiger partial charge in [0.25, 0.3) is 5.56 Å². The zero-order chi connectivity index (χ0) is 25.0. The van der Waals surface area contributed by atoms with Gasteiger partial charge in [-0.15, -0.1) is 0 Å². The average molecular weight is 477 g/mol. The Hall–Kier alpha value is -4.34. The highest BCUT2D eigenvalue weighted by molar-refractivity contribution is 5.77. The summed E-state index contributed by atoms with van der Waals surface area (Å²) in [4.78, 5) is 31.4. The van der Waals surface area contributed by atoms with Crippen LogP contribution in [-0.2, 0) is 13.6 Å². The van der Waals surface area contributed by atoms with Gasteiger partial charge in [0.1, 0.15) is 17.3 Å². The van der Waals surface area contributed by atoms with Gasteiger partial charge in [0.15, 0.2) is 11.2 Å². The lowest BCUT2D eigenvalue weighted by Crippen LogP contribution is -2.39. The van der Waals surface area contributed by atoms with E-state index in [0.29, 0.717) is 23.0 Å².